The first kappa shape index (κ1) is 19.8. The number of carbonyl (C=O) groups excluding carboxylic acids is 1. The summed E-state index contributed by atoms with van der Waals surface area (Å²) < 4.78 is 12.2. The predicted octanol–water partition coefficient (Wildman–Crippen LogP) is 3.44. The molecule has 4 aromatic rings. The van der Waals surface area contributed by atoms with Crippen LogP contribution in [0.1, 0.15) is 26.9 Å². The number of benzene rings is 1. The minimum atomic E-state index is -0.440. The normalized spacial score (nSPS) is 11.0. The number of amides is 1. The number of carbonyl (C=O) groups is 1. The number of methoxy groups -OCH3 is 2. The molecule has 0 fully saturated rings. The Hall–Kier alpha value is -3.53. The highest BCUT2D eigenvalue weighted by Gasteiger charge is 2.19. The van der Waals surface area contributed by atoms with Gasteiger partial charge in [-0.25, -0.2) is 14.5 Å². The van der Waals surface area contributed by atoms with E-state index in [9.17, 15) is 4.79 Å². The molecule has 0 aliphatic carbocycles. The molecule has 1 N–H and O–H groups in total. The standard InChI is InChI=1S/C20H20N6O3S/c1-10-8-11(2)26-19(21-10)23-17(25-26)18(27)24-20-22-16(12(3)30-20)13-6-7-14(28-4)15(9-13)29-5/h6-9H,1-5H3,(H,22,24,27). The fraction of sp³-hybridized carbons (Fsp3) is 0.250. The number of thiazole rings is 1. The first-order valence-electron chi connectivity index (χ1n) is 9.11. The molecular formula is C20H20N6O3S. The third kappa shape index (κ3) is 3.57. The summed E-state index contributed by atoms with van der Waals surface area (Å²) in [6.07, 6.45) is 0. The largest absolute Gasteiger partial charge is 0.493 e. The molecule has 0 aliphatic rings. The fourth-order valence-corrected chi connectivity index (χ4v) is 3.95. The van der Waals surface area contributed by atoms with Gasteiger partial charge >= 0.3 is 0 Å². The Morgan fingerprint density at radius 2 is 1.80 bits per heavy atom. The molecule has 0 radical (unpaired) electrons. The molecule has 4 rings (SSSR count). The topological polar surface area (TPSA) is 104 Å². The van der Waals surface area contributed by atoms with Crippen molar-refractivity contribution in [1.29, 1.82) is 0 Å². The molecule has 3 heterocycles. The zero-order valence-corrected chi connectivity index (χ0v) is 18.0. The van der Waals surface area contributed by atoms with Gasteiger partial charge < -0.3 is 9.47 Å². The van der Waals surface area contributed by atoms with Gasteiger partial charge in [-0.05, 0) is 45.0 Å². The highest BCUT2D eigenvalue weighted by molar-refractivity contribution is 7.16. The third-order valence-electron chi connectivity index (χ3n) is 4.50. The number of nitrogens with zero attached hydrogens (tertiary/aromatic N) is 5. The molecule has 0 aliphatic heterocycles. The molecule has 0 unspecified atom stereocenters. The van der Waals surface area contributed by atoms with E-state index in [0.717, 1.165) is 27.5 Å². The molecule has 30 heavy (non-hydrogen) atoms. The van der Waals surface area contributed by atoms with Gasteiger partial charge in [-0.3, -0.25) is 10.1 Å². The molecule has 0 atom stereocenters. The van der Waals surface area contributed by atoms with Crippen molar-refractivity contribution >= 4 is 28.2 Å². The van der Waals surface area contributed by atoms with Crippen LogP contribution in [0.4, 0.5) is 5.13 Å². The molecule has 0 saturated heterocycles. The molecule has 0 saturated carbocycles. The summed E-state index contributed by atoms with van der Waals surface area (Å²) in [5.41, 5.74) is 3.29. The predicted molar refractivity (Wildman–Crippen MR) is 114 cm³/mol. The summed E-state index contributed by atoms with van der Waals surface area (Å²) in [5.74, 6) is 1.24. The van der Waals surface area contributed by atoms with Crippen LogP contribution >= 0.6 is 11.3 Å². The van der Waals surface area contributed by atoms with Crippen molar-refractivity contribution in [2.24, 2.45) is 0 Å². The lowest BCUT2D eigenvalue weighted by atomic mass is 10.1. The number of aromatic nitrogens is 5. The third-order valence-corrected chi connectivity index (χ3v) is 5.38. The lowest BCUT2D eigenvalue weighted by molar-refractivity contribution is 0.101. The number of nitrogens with one attached hydrogen (secondary N) is 1. The van der Waals surface area contributed by atoms with E-state index in [0.29, 0.717) is 22.4 Å². The second kappa shape index (κ2) is 7.71. The van der Waals surface area contributed by atoms with Gasteiger partial charge in [0.15, 0.2) is 16.6 Å². The van der Waals surface area contributed by atoms with E-state index in [1.807, 2.05) is 45.0 Å². The van der Waals surface area contributed by atoms with E-state index < -0.39 is 5.91 Å². The Bertz CT molecular complexity index is 1260. The van der Waals surface area contributed by atoms with Gasteiger partial charge in [0.2, 0.25) is 5.82 Å². The quantitative estimate of drug-likeness (QED) is 0.523. The van der Waals surface area contributed by atoms with Crippen LogP contribution in [0.3, 0.4) is 0 Å². The molecule has 10 heteroatoms. The summed E-state index contributed by atoms with van der Waals surface area (Å²) in [7, 11) is 3.17. The lowest BCUT2D eigenvalue weighted by Gasteiger charge is -2.08. The van der Waals surface area contributed by atoms with Crippen LogP contribution in [0.15, 0.2) is 24.3 Å². The molecule has 3 aromatic heterocycles. The van der Waals surface area contributed by atoms with Crippen molar-refractivity contribution in [3.63, 3.8) is 0 Å². The number of hydrogen-bond acceptors (Lipinski definition) is 8. The Labute approximate surface area is 176 Å². The second-order valence-corrected chi connectivity index (χ2v) is 7.84. The number of anilines is 1. The summed E-state index contributed by atoms with van der Waals surface area (Å²) in [6.45, 7) is 5.70. The minimum Gasteiger partial charge on any atom is -0.493 e. The number of ether oxygens (including phenoxy) is 2. The summed E-state index contributed by atoms with van der Waals surface area (Å²) in [6, 6.07) is 7.45. The molecule has 0 spiro atoms. The monoisotopic (exact) mass is 424 g/mol. The summed E-state index contributed by atoms with van der Waals surface area (Å²) >= 11 is 1.37. The molecule has 1 aromatic carbocycles. The van der Waals surface area contributed by atoms with Gasteiger partial charge in [-0.2, -0.15) is 4.98 Å². The lowest BCUT2D eigenvalue weighted by Crippen LogP contribution is -2.13. The minimum absolute atomic E-state index is 0.0386. The Morgan fingerprint density at radius 1 is 1.03 bits per heavy atom. The maximum Gasteiger partial charge on any atom is 0.297 e. The van der Waals surface area contributed by atoms with Gasteiger partial charge in [0.25, 0.3) is 11.7 Å². The van der Waals surface area contributed by atoms with Crippen LogP contribution in [-0.4, -0.2) is 44.7 Å². The Kier molecular flexibility index (Phi) is 5.08. The smallest absolute Gasteiger partial charge is 0.297 e. The summed E-state index contributed by atoms with van der Waals surface area (Å²) in [4.78, 5) is 26.7. The van der Waals surface area contributed by atoms with Crippen LogP contribution in [0, 0.1) is 20.8 Å². The molecule has 1 amide bonds. The van der Waals surface area contributed by atoms with E-state index in [4.69, 9.17) is 9.47 Å². The summed E-state index contributed by atoms with van der Waals surface area (Å²) in [5, 5.41) is 7.50. The average Bonchev–Trinajstić information content (AvgIpc) is 3.31. The van der Waals surface area contributed by atoms with Gasteiger partial charge in [-0.15, -0.1) is 16.4 Å². The molecule has 0 bridgehead atoms. The first-order valence-corrected chi connectivity index (χ1v) is 9.93. The van der Waals surface area contributed by atoms with E-state index in [1.54, 1.807) is 18.7 Å². The van der Waals surface area contributed by atoms with Gasteiger partial charge in [0.1, 0.15) is 0 Å². The van der Waals surface area contributed by atoms with E-state index in [-0.39, 0.29) is 5.82 Å². The van der Waals surface area contributed by atoms with Crippen LogP contribution in [0.5, 0.6) is 11.5 Å². The van der Waals surface area contributed by atoms with Crippen molar-refractivity contribution in [2.45, 2.75) is 20.8 Å². The molecule has 9 nitrogen and oxygen atoms in total. The molecular weight excluding hydrogens is 404 g/mol. The number of rotatable bonds is 5. The zero-order chi connectivity index (χ0) is 21.4. The number of aryl methyl sites for hydroxylation is 3. The van der Waals surface area contributed by atoms with Crippen molar-refractivity contribution in [3.8, 4) is 22.8 Å². The van der Waals surface area contributed by atoms with E-state index in [2.05, 4.69) is 25.4 Å². The van der Waals surface area contributed by atoms with Crippen LogP contribution in [-0.2, 0) is 0 Å². The number of hydrogen-bond donors (Lipinski definition) is 1. The highest BCUT2D eigenvalue weighted by atomic mass is 32.1. The van der Waals surface area contributed by atoms with Crippen LogP contribution < -0.4 is 14.8 Å². The van der Waals surface area contributed by atoms with Crippen molar-refractivity contribution in [2.75, 3.05) is 19.5 Å². The maximum atomic E-state index is 12.7. The fourth-order valence-electron chi connectivity index (χ4n) is 3.12. The van der Waals surface area contributed by atoms with Gasteiger partial charge in [0.05, 0.1) is 19.9 Å². The van der Waals surface area contributed by atoms with Gasteiger partial charge in [-0.1, -0.05) is 0 Å². The first-order chi connectivity index (χ1) is 14.4. The SMILES string of the molecule is COc1ccc(-c2nc(NC(=O)c3nc4nc(C)cc(C)n4n3)sc2C)cc1OC. The van der Waals surface area contributed by atoms with Crippen LogP contribution in [0.25, 0.3) is 17.0 Å². The Balaban J connectivity index is 1.61. The highest BCUT2D eigenvalue weighted by Crippen LogP contribution is 2.36. The Morgan fingerprint density at radius 3 is 2.53 bits per heavy atom. The zero-order valence-electron chi connectivity index (χ0n) is 17.2. The maximum absolute atomic E-state index is 12.7. The molecule has 154 valence electrons. The van der Waals surface area contributed by atoms with Crippen molar-refractivity contribution in [1.82, 2.24) is 24.6 Å². The van der Waals surface area contributed by atoms with Crippen molar-refractivity contribution in [3.05, 3.63) is 46.4 Å². The van der Waals surface area contributed by atoms with E-state index >= 15 is 0 Å². The van der Waals surface area contributed by atoms with Crippen LogP contribution in [0.2, 0.25) is 0 Å². The van der Waals surface area contributed by atoms with Crippen molar-refractivity contribution < 1.29 is 14.3 Å². The van der Waals surface area contributed by atoms with Gasteiger partial charge in [0, 0.05) is 21.8 Å². The number of fused-ring (bicyclic) bond motifs is 1. The second-order valence-electron chi connectivity index (χ2n) is 6.63. The van der Waals surface area contributed by atoms with E-state index in [1.165, 1.54) is 11.3 Å². The average molecular weight is 424 g/mol.